The van der Waals surface area contributed by atoms with Gasteiger partial charge in [0.25, 0.3) is 5.91 Å². The van der Waals surface area contributed by atoms with Gasteiger partial charge in [-0.25, -0.2) is 4.79 Å². The van der Waals surface area contributed by atoms with Crippen LogP contribution in [0.3, 0.4) is 0 Å². The number of benzene rings is 3. The van der Waals surface area contributed by atoms with Crippen molar-refractivity contribution in [2.45, 2.75) is 19.0 Å². The number of amides is 1. The van der Waals surface area contributed by atoms with E-state index < -0.39 is 17.9 Å². The van der Waals surface area contributed by atoms with E-state index in [9.17, 15) is 19.5 Å². The van der Waals surface area contributed by atoms with Gasteiger partial charge in [0.1, 0.15) is 23.3 Å². The van der Waals surface area contributed by atoms with Crippen molar-refractivity contribution in [1.82, 2.24) is 4.90 Å². The third-order valence-corrected chi connectivity index (χ3v) is 6.88. The summed E-state index contributed by atoms with van der Waals surface area (Å²) in [4.78, 5) is 39.2. The zero-order valence-electron chi connectivity index (χ0n) is 22.1. The molecule has 10 nitrogen and oxygen atoms in total. The van der Waals surface area contributed by atoms with Crippen molar-refractivity contribution in [3.05, 3.63) is 82.6 Å². The van der Waals surface area contributed by atoms with E-state index in [1.165, 1.54) is 32.3 Å². The smallest absolute Gasteiger partial charge is 0.326 e. The van der Waals surface area contributed by atoms with Crippen LogP contribution in [0.5, 0.6) is 28.7 Å². The molecule has 0 bridgehead atoms. The number of methoxy groups -OCH3 is 3. The van der Waals surface area contributed by atoms with Crippen LogP contribution in [0, 0.1) is 0 Å². The van der Waals surface area contributed by atoms with Gasteiger partial charge >= 0.3 is 5.97 Å². The average Bonchev–Trinajstić information content (AvgIpc) is 3.28. The fraction of sp³-hybridized carbons (Fsp3) is 0.233. The molecule has 2 heterocycles. The minimum Gasteiger partial charge on any atom is -0.496 e. The first-order valence-corrected chi connectivity index (χ1v) is 12.4. The van der Waals surface area contributed by atoms with E-state index in [-0.39, 0.29) is 36.9 Å². The topological polar surface area (TPSA) is 121 Å². The fourth-order valence-electron chi connectivity index (χ4n) is 4.80. The number of hydrogen-bond donors (Lipinski definition) is 1. The number of nitrogens with zero attached hydrogens (tertiary/aromatic N) is 1. The third kappa shape index (κ3) is 5.03. The summed E-state index contributed by atoms with van der Waals surface area (Å²) in [5, 5.41) is 9.71. The molecule has 10 heteroatoms. The summed E-state index contributed by atoms with van der Waals surface area (Å²) >= 11 is 0. The second-order valence-corrected chi connectivity index (χ2v) is 9.18. The quantitative estimate of drug-likeness (QED) is 0.422. The summed E-state index contributed by atoms with van der Waals surface area (Å²) in [7, 11) is 4.52. The molecule has 206 valence electrons. The Hall–Kier alpha value is -4.99. The third-order valence-electron chi connectivity index (χ3n) is 6.88. The van der Waals surface area contributed by atoms with Crippen molar-refractivity contribution < 1.29 is 43.2 Å². The van der Waals surface area contributed by atoms with Gasteiger partial charge in [0.05, 0.1) is 26.9 Å². The molecule has 2 aliphatic rings. The number of hydrogen-bond acceptors (Lipinski definition) is 8. The molecule has 1 amide bonds. The second-order valence-electron chi connectivity index (χ2n) is 9.18. The number of carboxylic acid groups (broad SMARTS) is 1. The van der Waals surface area contributed by atoms with E-state index in [1.54, 1.807) is 30.3 Å². The summed E-state index contributed by atoms with van der Waals surface area (Å²) in [5.41, 5.74) is 2.70. The highest BCUT2D eigenvalue weighted by atomic mass is 16.5. The number of ketones is 1. The highest BCUT2D eigenvalue weighted by molar-refractivity contribution is 6.14. The minimum atomic E-state index is -1.07. The van der Waals surface area contributed by atoms with Crippen LogP contribution in [0.1, 0.15) is 27.0 Å². The molecule has 1 atom stereocenters. The number of allylic oxidation sites excluding steroid dienone is 1. The Morgan fingerprint density at radius 1 is 0.975 bits per heavy atom. The van der Waals surface area contributed by atoms with Gasteiger partial charge in [0, 0.05) is 30.7 Å². The number of carbonyl (C=O) groups excluding carboxylic acids is 2. The van der Waals surface area contributed by atoms with Crippen LogP contribution < -0.4 is 23.7 Å². The standard InChI is InChI=1S/C30H27NO9/c1-36-23-14-26(38-3)25(37-2)11-19(23)12-27-29(33)21-9-8-20(13-24(21)40-27)39-16-28(32)31-15-18-7-5-4-6-17(18)10-22(31)30(34)35/h4-9,11-14,22H,10,15-16H2,1-3H3,(H,34,35)/b27-12-/t22-/m0/s1. The Balaban J connectivity index is 1.31. The van der Waals surface area contributed by atoms with E-state index in [1.807, 2.05) is 24.3 Å². The van der Waals surface area contributed by atoms with E-state index in [4.69, 9.17) is 23.7 Å². The minimum absolute atomic E-state index is 0.0741. The first-order valence-electron chi connectivity index (χ1n) is 12.4. The summed E-state index contributed by atoms with van der Waals surface area (Å²) in [5.74, 6) is 0.183. The molecule has 0 saturated heterocycles. The van der Waals surface area contributed by atoms with Crippen LogP contribution >= 0.6 is 0 Å². The lowest BCUT2D eigenvalue weighted by Crippen LogP contribution is -2.50. The van der Waals surface area contributed by atoms with Crippen molar-refractivity contribution in [2.75, 3.05) is 27.9 Å². The van der Waals surface area contributed by atoms with Crippen molar-refractivity contribution in [2.24, 2.45) is 0 Å². The Kier molecular flexibility index (Phi) is 7.33. The van der Waals surface area contributed by atoms with E-state index in [0.717, 1.165) is 11.1 Å². The number of Topliss-reactive ketones (excluding diaryl/α,β-unsaturated/α-hetero) is 1. The van der Waals surface area contributed by atoms with Gasteiger partial charge in [-0.2, -0.15) is 0 Å². The van der Waals surface area contributed by atoms with Gasteiger partial charge in [-0.3, -0.25) is 9.59 Å². The Morgan fingerprint density at radius 3 is 2.38 bits per heavy atom. The summed E-state index contributed by atoms with van der Waals surface area (Å²) < 4.78 is 27.6. The van der Waals surface area contributed by atoms with Crippen molar-refractivity contribution in [1.29, 1.82) is 0 Å². The molecule has 0 spiro atoms. The molecular formula is C30H27NO9. The summed E-state index contributed by atoms with van der Waals surface area (Å²) in [6, 6.07) is 14.4. The molecule has 3 aromatic rings. The fourth-order valence-corrected chi connectivity index (χ4v) is 4.80. The van der Waals surface area contributed by atoms with E-state index in [0.29, 0.717) is 34.1 Å². The first kappa shape index (κ1) is 26.6. The number of ether oxygens (including phenoxy) is 5. The maximum atomic E-state index is 13.0. The van der Waals surface area contributed by atoms with Gasteiger partial charge in [0.15, 0.2) is 23.9 Å². The lowest BCUT2D eigenvalue weighted by Gasteiger charge is -2.34. The van der Waals surface area contributed by atoms with Crippen molar-refractivity contribution >= 4 is 23.7 Å². The second kappa shape index (κ2) is 11.0. The van der Waals surface area contributed by atoms with Gasteiger partial charge in [-0.15, -0.1) is 0 Å². The SMILES string of the molecule is COc1cc(OC)c(OC)cc1/C=C1\Oc2cc(OCC(=O)N3Cc4ccccc4C[C@H]3C(=O)O)ccc2C1=O. The van der Waals surface area contributed by atoms with Crippen LogP contribution in [0.2, 0.25) is 0 Å². The Bertz CT molecular complexity index is 1530. The predicted molar refractivity (Wildman–Crippen MR) is 143 cm³/mol. The zero-order chi connectivity index (χ0) is 28.4. The lowest BCUT2D eigenvalue weighted by atomic mass is 9.94. The number of rotatable bonds is 8. The molecule has 0 radical (unpaired) electrons. The molecule has 0 unspecified atom stereocenters. The Morgan fingerprint density at radius 2 is 1.68 bits per heavy atom. The number of carboxylic acids is 1. The van der Waals surface area contributed by atoms with Gasteiger partial charge in [0.2, 0.25) is 5.78 Å². The molecule has 5 rings (SSSR count). The van der Waals surface area contributed by atoms with Gasteiger partial charge in [-0.05, 0) is 35.4 Å². The van der Waals surface area contributed by atoms with Gasteiger partial charge < -0.3 is 33.7 Å². The number of fused-ring (bicyclic) bond motifs is 2. The molecule has 0 fully saturated rings. The monoisotopic (exact) mass is 545 g/mol. The van der Waals surface area contributed by atoms with Crippen LogP contribution in [0.15, 0.2) is 60.4 Å². The lowest BCUT2D eigenvalue weighted by molar-refractivity contribution is -0.152. The van der Waals surface area contributed by atoms with Crippen molar-refractivity contribution in [3.8, 4) is 28.7 Å². The van der Waals surface area contributed by atoms with Crippen LogP contribution in [-0.2, 0) is 22.6 Å². The molecule has 2 aliphatic heterocycles. The predicted octanol–water partition coefficient (Wildman–Crippen LogP) is 3.75. The van der Waals surface area contributed by atoms with Crippen LogP contribution in [0.25, 0.3) is 6.08 Å². The van der Waals surface area contributed by atoms with E-state index in [2.05, 4.69) is 0 Å². The Labute approximate surface area is 230 Å². The first-order chi connectivity index (χ1) is 19.3. The van der Waals surface area contributed by atoms with Crippen LogP contribution in [-0.4, -0.2) is 61.6 Å². The normalized spacial score (nSPS) is 16.6. The molecule has 1 N–H and O–H groups in total. The zero-order valence-corrected chi connectivity index (χ0v) is 22.1. The van der Waals surface area contributed by atoms with Gasteiger partial charge in [-0.1, -0.05) is 24.3 Å². The highest BCUT2D eigenvalue weighted by Gasteiger charge is 2.35. The molecule has 40 heavy (non-hydrogen) atoms. The van der Waals surface area contributed by atoms with Crippen molar-refractivity contribution in [3.63, 3.8) is 0 Å². The average molecular weight is 546 g/mol. The van der Waals surface area contributed by atoms with E-state index >= 15 is 0 Å². The molecule has 0 aliphatic carbocycles. The number of carbonyl (C=O) groups is 3. The van der Waals surface area contributed by atoms with Crippen LogP contribution in [0.4, 0.5) is 0 Å². The highest BCUT2D eigenvalue weighted by Crippen LogP contribution is 2.39. The molecule has 0 aromatic heterocycles. The number of aliphatic carboxylic acids is 1. The molecular weight excluding hydrogens is 518 g/mol. The molecule has 3 aromatic carbocycles. The maximum Gasteiger partial charge on any atom is 0.326 e. The summed E-state index contributed by atoms with van der Waals surface area (Å²) in [6.45, 7) is -0.185. The summed E-state index contributed by atoms with van der Waals surface area (Å²) in [6.07, 6.45) is 1.78. The maximum absolute atomic E-state index is 13.0. The molecule has 0 saturated carbocycles. The largest absolute Gasteiger partial charge is 0.496 e.